The maximum atomic E-state index is 11.9. The van der Waals surface area contributed by atoms with E-state index in [1.165, 1.54) is 0 Å². The summed E-state index contributed by atoms with van der Waals surface area (Å²) in [7, 11) is 0. The summed E-state index contributed by atoms with van der Waals surface area (Å²) in [5, 5.41) is 2.90. The van der Waals surface area contributed by atoms with Gasteiger partial charge in [-0.1, -0.05) is 19.1 Å². The number of nitrogens with two attached hydrogens (primary N) is 1. The first-order valence-corrected chi connectivity index (χ1v) is 6.00. The van der Waals surface area contributed by atoms with Gasteiger partial charge in [0, 0.05) is 25.0 Å². The highest BCUT2D eigenvalue weighted by Gasteiger charge is 2.20. The molecule has 1 aromatic heterocycles. The van der Waals surface area contributed by atoms with Gasteiger partial charge < -0.3 is 15.6 Å². The van der Waals surface area contributed by atoms with E-state index in [1.54, 1.807) is 12.5 Å². The third-order valence-electron chi connectivity index (χ3n) is 2.50. The van der Waals surface area contributed by atoms with Crippen molar-refractivity contribution >= 4 is 23.1 Å². The number of carbonyl (C=O) groups excluding carboxylic acids is 1. The Hall–Kier alpha value is -1.43. The average Bonchev–Trinajstić information content (AvgIpc) is 2.70. The van der Waals surface area contributed by atoms with Gasteiger partial charge in [-0.25, -0.2) is 4.98 Å². The Bertz CT molecular complexity index is 377. The van der Waals surface area contributed by atoms with Gasteiger partial charge in [0.15, 0.2) is 0 Å². The Morgan fingerprint density at radius 1 is 1.65 bits per heavy atom. The third kappa shape index (κ3) is 4.14. The monoisotopic (exact) mass is 254 g/mol. The zero-order valence-electron chi connectivity index (χ0n) is 10.1. The molecule has 0 radical (unpaired) electrons. The second-order valence-electron chi connectivity index (χ2n) is 4.03. The number of amides is 1. The number of hydrogen-bond acceptors (Lipinski definition) is 3. The van der Waals surface area contributed by atoms with Crippen molar-refractivity contribution in [1.82, 2.24) is 14.9 Å². The highest BCUT2D eigenvalue weighted by molar-refractivity contribution is 7.80. The largest absolute Gasteiger partial charge is 0.393 e. The third-order valence-corrected chi connectivity index (χ3v) is 2.79. The molecule has 94 valence electrons. The average molecular weight is 254 g/mol. The molecule has 0 bridgehead atoms. The van der Waals surface area contributed by atoms with Gasteiger partial charge in [-0.2, -0.15) is 0 Å². The smallest absolute Gasteiger partial charge is 0.230 e. The van der Waals surface area contributed by atoms with Crippen LogP contribution in [-0.4, -0.2) is 26.5 Å². The van der Waals surface area contributed by atoms with Gasteiger partial charge in [0.25, 0.3) is 0 Å². The van der Waals surface area contributed by atoms with Gasteiger partial charge in [0.05, 0.1) is 17.2 Å². The molecule has 2 unspecified atom stereocenters. The van der Waals surface area contributed by atoms with E-state index in [4.69, 9.17) is 18.0 Å². The van der Waals surface area contributed by atoms with Crippen molar-refractivity contribution in [2.45, 2.75) is 32.9 Å². The highest BCUT2D eigenvalue weighted by atomic mass is 32.1. The van der Waals surface area contributed by atoms with Gasteiger partial charge in [0.1, 0.15) is 0 Å². The highest BCUT2D eigenvalue weighted by Crippen LogP contribution is 2.04. The van der Waals surface area contributed by atoms with E-state index in [1.807, 2.05) is 24.6 Å². The van der Waals surface area contributed by atoms with E-state index in [0.29, 0.717) is 13.0 Å². The molecule has 2 atom stereocenters. The first kappa shape index (κ1) is 13.6. The van der Waals surface area contributed by atoms with Crippen LogP contribution in [0.3, 0.4) is 0 Å². The molecule has 3 N–H and O–H groups in total. The molecular weight excluding hydrogens is 236 g/mol. The molecule has 1 aromatic rings. The zero-order chi connectivity index (χ0) is 12.8. The first-order chi connectivity index (χ1) is 8.04. The number of imidazole rings is 1. The Morgan fingerprint density at radius 2 is 2.35 bits per heavy atom. The van der Waals surface area contributed by atoms with Crippen LogP contribution in [0.2, 0.25) is 0 Å². The van der Waals surface area contributed by atoms with Gasteiger partial charge in [-0.15, -0.1) is 0 Å². The summed E-state index contributed by atoms with van der Waals surface area (Å²) in [4.78, 5) is 16.0. The molecule has 0 spiro atoms. The fraction of sp³-hybridized carbons (Fsp3) is 0.545. The van der Waals surface area contributed by atoms with Crippen molar-refractivity contribution in [3.8, 4) is 0 Å². The van der Waals surface area contributed by atoms with Gasteiger partial charge >= 0.3 is 0 Å². The Balaban J connectivity index is 2.47. The summed E-state index contributed by atoms with van der Waals surface area (Å²) >= 11 is 4.86. The molecule has 0 aromatic carbocycles. The number of rotatable bonds is 6. The second-order valence-corrected chi connectivity index (χ2v) is 4.50. The first-order valence-electron chi connectivity index (χ1n) is 5.60. The van der Waals surface area contributed by atoms with Crippen molar-refractivity contribution in [2.24, 2.45) is 11.7 Å². The van der Waals surface area contributed by atoms with Crippen molar-refractivity contribution in [3.63, 3.8) is 0 Å². The Kier molecular flexibility index (Phi) is 5.09. The number of nitrogens with one attached hydrogen (secondary N) is 1. The molecule has 0 aliphatic rings. The van der Waals surface area contributed by atoms with Crippen LogP contribution >= 0.6 is 12.2 Å². The van der Waals surface area contributed by atoms with Crippen molar-refractivity contribution in [3.05, 3.63) is 18.7 Å². The quantitative estimate of drug-likeness (QED) is 0.733. The SMILES string of the molecule is CCC(C(=O)NC(C)Cn1ccnc1)C(N)=S. The Morgan fingerprint density at radius 3 is 2.82 bits per heavy atom. The number of aromatic nitrogens is 2. The summed E-state index contributed by atoms with van der Waals surface area (Å²) < 4.78 is 1.91. The van der Waals surface area contributed by atoms with Gasteiger partial charge in [-0.05, 0) is 13.3 Å². The molecule has 0 saturated heterocycles. The molecule has 17 heavy (non-hydrogen) atoms. The van der Waals surface area contributed by atoms with E-state index in [9.17, 15) is 4.79 Å². The van der Waals surface area contributed by atoms with Crippen LogP contribution < -0.4 is 11.1 Å². The maximum Gasteiger partial charge on any atom is 0.230 e. The van der Waals surface area contributed by atoms with Crippen LogP contribution in [-0.2, 0) is 11.3 Å². The number of hydrogen-bond donors (Lipinski definition) is 2. The molecule has 5 nitrogen and oxygen atoms in total. The van der Waals surface area contributed by atoms with E-state index < -0.39 is 0 Å². The standard InChI is InChI=1S/C11H18N4OS/c1-3-9(10(12)17)11(16)14-8(2)6-15-5-4-13-7-15/h4-5,7-9H,3,6H2,1-2H3,(H2,12,17)(H,14,16). The van der Waals surface area contributed by atoms with Crippen molar-refractivity contribution in [2.75, 3.05) is 0 Å². The molecule has 1 rings (SSSR count). The molecule has 1 heterocycles. The maximum absolute atomic E-state index is 11.9. The molecule has 6 heteroatoms. The lowest BCUT2D eigenvalue weighted by molar-refractivity contribution is -0.123. The lowest BCUT2D eigenvalue weighted by atomic mass is 10.1. The molecular formula is C11H18N4OS. The minimum atomic E-state index is -0.379. The second kappa shape index (κ2) is 6.34. The number of thiocarbonyl (C=S) groups is 1. The summed E-state index contributed by atoms with van der Waals surface area (Å²) in [6, 6.07) is 0.0140. The minimum Gasteiger partial charge on any atom is -0.393 e. The minimum absolute atomic E-state index is 0.0140. The van der Waals surface area contributed by atoms with Crippen LogP contribution in [0, 0.1) is 5.92 Å². The summed E-state index contributed by atoms with van der Waals surface area (Å²) in [5.74, 6) is -0.483. The van der Waals surface area contributed by atoms with E-state index in [0.717, 1.165) is 0 Å². The topological polar surface area (TPSA) is 72.9 Å². The normalized spacial score (nSPS) is 14.0. The van der Waals surface area contributed by atoms with Crippen LogP contribution in [0.5, 0.6) is 0 Å². The predicted octanol–water partition coefficient (Wildman–Crippen LogP) is 0.700. The molecule has 0 fully saturated rings. The summed E-state index contributed by atoms with van der Waals surface area (Å²) in [6.45, 7) is 4.51. The molecule has 0 aliphatic heterocycles. The van der Waals surface area contributed by atoms with E-state index in [2.05, 4.69) is 10.3 Å². The lowest BCUT2D eigenvalue weighted by Crippen LogP contribution is -2.43. The fourth-order valence-corrected chi connectivity index (χ4v) is 1.89. The van der Waals surface area contributed by atoms with Crippen LogP contribution in [0.1, 0.15) is 20.3 Å². The zero-order valence-corrected chi connectivity index (χ0v) is 10.9. The summed E-state index contributed by atoms with van der Waals surface area (Å²) in [5.41, 5.74) is 5.52. The lowest BCUT2D eigenvalue weighted by Gasteiger charge is -2.18. The summed E-state index contributed by atoms with van der Waals surface area (Å²) in [6.07, 6.45) is 5.90. The molecule has 1 amide bonds. The van der Waals surface area contributed by atoms with Gasteiger partial charge in [-0.3, -0.25) is 4.79 Å². The number of nitrogens with zero attached hydrogens (tertiary/aromatic N) is 2. The van der Waals surface area contributed by atoms with E-state index in [-0.39, 0.29) is 22.9 Å². The molecule has 0 saturated carbocycles. The Labute approximate surface area is 106 Å². The number of carbonyl (C=O) groups is 1. The fourth-order valence-electron chi connectivity index (χ4n) is 1.62. The van der Waals surface area contributed by atoms with Gasteiger partial charge in [0.2, 0.25) is 5.91 Å². The van der Waals surface area contributed by atoms with Crippen LogP contribution in [0.4, 0.5) is 0 Å². The van der Waals surface area contributed by atoms with Crippen molar-refractivity contribution < 1.29 is 4.79 Å². The van der Waals surface area contributed by atoms with Crippen LogP contribution in [0.15, 0.2) is 18.7 Å². The van der Waals surface area contributed by atoms with Crippen molar-refractivity contribution in [1.29, 1.82) is 0 Å². The molecule has 0 aliphatic carbocycles. The van der Waals surface area contributed by atoms with Crippen LogP contribution in [0.25, 0.3) is 0 Å². The van der Waals surface area contributed by atoms with E-state index >= 15 is 0 Å². The predicted molar refractivity (Wildman–Crippen MR) is 70.4 cm³/mol.